The van der Waals surface area contributed by atoms with Gasteiger partial charge in [0.2, 0.25) is 0 Å². The first-order chi connectivity index (χ1) is 8.36. The number of unbranched alkanes of at least 4 members (excludes halogenated alkanes) is 1. The van der Waals surface area contributed by atoms with Crippen molar-refractivity contribution in [3.63, 3.8) is 0 Å². The lowest BCUT2D eigenvalue weighted by atomic mass is 9.99. The van der Waals surface area contributed by atoms with Crippen molar-refractivity contribution in [2.45, 2.75) is 39.5 Å². The van der Waals surface area contributed by atoms with Gasteiger partial charge in [0.25, 0.3) is 0 Å². The minimum atomic E-state index is 1.17. The van der Waals surface area contributed by atoms with Gasteiger partial charge in [-0.25, -0.2) is 0 Å². The van der Waals surface area contributed by atoms with Crippen LogP contribution in [0, 0.1) is 0 Å². The number of nitrogens with one attached hydrogen (secondary N) is 1. The van der Waals surface area contributed by atoms with E-state index in [4.69, 9.17) is 0 Å². The average Bonchev–Trinajstić information content (AvgIpc) is 2.78. The summed E-state index contributed by atoms with van der Waals surface area (Å²) >= 11 is 0. The zero-order chi connectivity index (χ0) is 12.1. The molecule has 0 fully saturated rings. The molecule has 0 amide bonds. The van der Waals surface area contributed by atoms with Crippen LogP contribution in [0.4, 0.5) is 0 Å². The maximum Gasteiger partial charge on any atom is 0.0460 e. The third-order valence-corrected chi connectivity index (χ3v) is 3.13. The number of aromatic nitrogens is 1. The standard InChI is InChI=1S/C16H21N/c1-3-5-9-13(8-4-2)15-12-17-16-11-7-6-10-14(15)16/h6-7,9-12,17H,3-5,8H2,1-2H3/b13-9+. The summed E-state index contributed by atoms with van der Waals surface area (Å²) in [4.78, 5) is 3.36. The van der Waals surface area contributed by atoms with Gasteiger partial charge in [-0.1, -0.05) is 51.0 Å². The molecule has 2 rings (SSSR count). The van der Waals surface area contributed by atoms with Crippen LogP contribution < -0.4 is 0 Å². The first-order valence-electron chi connectivity index (χ1n) is 6.62. The molecule has 1 N–H and O–H groups in total. The Morgan fingerprint density at radius 1 is 1.18 bits per heavy atom. The molecule has 17 heavy (non-hydrogen) atoms. The van der Waals surface area contributed by atoms with E-state index in [9.17, 15) is 0 Å². The van der Waals surface area contributed by atoms with E-state index in [1.165, 1.54) is 47.7 Å². The molecule has 1 aromatic carbocycles. The zero-order valence-corrected chi connectivity index (χ0v) is 10.8. The van der Waals surface area contributed by atoms with Crippen LogP contribution in [0.3, 0.4) is 0 Å². The van der Waals surface area contributed by atoms with Gasteiger partial charge < -0.3 is 4.98 Å². The predicted octanol–water partition coefficient (Wildman–Crippen LogP) is 5.15. The molecule has 1 heterocycles. The van der Waals surface area contributed by atoms with Gasteiger partial charge in [0.1, 0.15) is 0 Å². The van der Waals surface area contributed by atoms with E-state index >= 15 is 0 Å². The van der Waals surface area contributed by atoms with Crippen molar-refractivity contribution in [1.82, 2.24) is 4.98 Å². The summed E-state index contributed by atoms with van der Waals surface area (Å²) in [6.07, 6.45) is 9.32. The lowest BCUT2D eigenvalue weighted by Crippen LogP contribution is -1.83. The molecule has 0 atom stereocenters. The number of hydrogen-bond acceptors (Lipinski definition) is 0. The van der Waals surface area contributed by atoms with Crippen LogP contribution in [0.15, 0.2) is 36.5 Å². The number of aromatic amines is 1. The van der Waals surface area contributed by atoms with E-state index in [2.05, 4.69) is 55.4 Å². The summed E-state index contributed by atoms with van der Waals surface area (Å²) in [5, 5.41) is 1.35. The molecule has 0 radical (unpaired) electrons. The van der Waals surface area contributed by atoms with Crippen molar-refractivity contribution in [2.75, 3.05) is 0 Å². The number of para-hydroxylation sites is 1. The van der Waals surface area contributed by atoms with E-state index in [0.29, 0.717) is 0 Å². The Morgan fingerprint density at radius 3 is 2.76 bits per heavy atom. The Labute approximate surface area is 104 Å². The largest absolute Gasteiger partial charge is 0.361 e. The number of hydrogen-bond donors (Lipinski definition) is 1. The van der Waals surface area contributed by atoms with Crippen LogP contribution in [-0.2, 0) is 0 Å². The lowest BCUT2D eigenvalue weighted by molar-refractivity contribution is 0.934. The van der Waals surface area contributed by atoms with Crippen LogP contribution in [0.1, 0.15) is 45.1 Å². The summed E-state index contributed by atoms with van der Waals surface area (Å²) in [5.41, 5.74) is 4.11. The Kier molecular flexibility index (Phi) is 4.03. The molecular weight excluding hydrogens is 206 g/mol. The van der Waals surface area contributed by atoms with Crippen molar-refractivity contribution in [3.05, 3.63) is 42.1 Å². The topological polar surface area (TPSA) is 15.8 Å². The third-order valence-electron chi connectivity index (χ3n) is 3.13. The molecule has 0 aliphatic rings. The molecule has 0 unspecified atom stereocenters. The van der Waals surface area contributed by atoms with Crippen LogP contribution in [-0.4, -0.2) is 4.98 Å². The quantitative estimate of drug-likeness (QED) is 0.727. The molecule has 1 aromatic heterocycles. The van der Waals surface area contributed by atoms with Crippen LogP contribution >= 0.6 is 0 Å². The van der Waals surface area contributed by atoms with Crippen LogP contribution in [0.5, 0.6) is 0 Å². The highest BCUT2D eigenvalue weighted by atomic mass is 14.7. The normalized spacial score (nSPS) is 12.2. The minimum absolute atomic E-state index is 1.17. The van der Waals surface area contributed by atoms with Gasteiger partial charge in [0, 0.05) is 22.7 Å². The van der Waals surface area contributed by atoms with Crippen molar-refractivity contribution in [2.24, 2.45) is 0 Å². The molecule has 90 valence electrons. The van der Waals surface area contributed by atoms with E-state index in [0.717, 1.165) is 0 Å². The van der Waals surface area contributed by atoms with Gasteiger partial charge in [-0.2, -0.15) is 0 Å². The van der Waals surface area contributed by atoms with Gasteiger partial charge in [-0.15, -0.1) is 0 Å². The number of allylic oxidation sites excluding steroid dienone is 2. The fourth-order valence-electron chi connectivity index (χ4n) is 2.27. The summed E-state index contributed by atoms with van der Waals surface area (Å²) in [7, 11) is 0. The first-order valence-corrected chi connectivity index (χ1v) is 6.62. The van der Waals surface area contributed by atoms with Gasteiger partial charge >= 0.3 is 0 Å². The number of H-pyrrole nitrogens is 1. The van der Waals surface area contributed by atoms with Crippen molar-refractivity contribution in [3.8, 4) is 0 Å². The molecule has 0 aliphatic heterocycles. The molecular formula is C16H21N. The SMILES string of the molecule is CCC/C=C(\CCC)c1c[nH]c2ccccc12. The van der Waals surface area contributed by atoms with E-state index < -0.39 is 0 Å². The molecule has 0 aliphatic carbocycles. The van der Waals surface area contributed by atoms with Gasteiger partial charge in [0.05, 0.1) is 0 Å². The Balaban J connectivity index is 2.41. The Morgan fingerprint density at radius 2 is 2.00 bits per heavy atom. The van der Waals surface area contributed by atoms with Crippen molar-refractivity contribution in [1.29, 1.82) is 0 Å². The average molecular weight is 227 g/mol. The minimum Gasteiger partial charge on any atom is -0.361 e. The van der Waals surface area contributed by atoms with Crippen molar-refractivity contribution < 1.29 is 0 Å². The second-order valence-electron chi connectivity index (χ2n) is 4.52. The first kappa shape index (κ1) is 12.0. The predicted molar refractivity (Wildman–Crippen MR) is 76.1 cm³/mol. The van der Waals surface area contributed by atoms with Gasteiger partial charge in [-0.3, -0.25) is 0 Å². The van der Waals surface area contributed by atoms with E-state index in [1.807, 2.05) is 0 Å². The second kappa shape index (κ2) is 5.72. The highest BCUT2D eigenvalue weighted by Crippen LogP contribution is 2.28. The lowest BCUT2D eigenvalue weighted by Gasteiger charge is -2.05. The summed E-state index contributed by atoms with van der Waals surface area (Å²) in [5.74, 6) is 0. The molecule has 0 saturated carbocycles. The second-order valence-corrected chi connectivity index (χ2v) is 4.52. The zero-order valence-electron chi connectivity index (χ0n) is 10.8. The molecule has 0 saturated heterocycles. The van der Waals surface area contributed by atoms with Crippen LogP contribution in [0.25, 0.3) is 16.5 Å². The highest BCUT2D eigenvalue weighted by molar-refractivity contribution is 5.92. The van der Waals surface area contributed by atoms with E-state index in [-0.39, 0.29) is 0 Å². The molecule has 0 bridgehead atoms. The Hall–Kier alpha value is -1.50. The van der Waals surface area contributed by atoms with Gasteiger partial charge in [-0.05, 0) is 24.5 Å². The summed E-state index contributed by atoms with van der Waals surface area (Å²) in [6, 6.07) is 8.54. The third kappa shape index (κ3) is 2.60. The van der Waals surface area contributed by atoms with Gasteiger partial charge in [0.15, 0.2) is 0 Å². The number of rotatable bonds is 5. The molecule has 2 aromatic rings. The fourth-order valence-corrected chi connectivity index (χ4v) is 2.27. The monoisotopic (exact) mass is 227 g/mol. The molecule has 1 heteroatoms. The molecule has 1 nitrogen and oxygen atoms in total. The summed E-state index contributed by atoms with van der Waals surface area (Å²) < 4.78 is 0. The number of benzene rings is 1. The smallest absolute Gasteiger partial charge is 0.0460 e. The molecule has 0 spiro atoms. The highest BCUT2D eigenvalue weighted by Gasteiger charge is 2.06. The summed E-state index contributed by atoms with van der Waals surface area (Å²) in [6.45, 7) is 4.48. The van der Waals surface area contributed by atoms with E-state index in [1.54, 1.807) is 0 Å². The maximum absolute atomic E-state index is 3.36. The van der Waals surface area contributed by atoms with Crippen molar-refractivity contribution >= 4 is 16.5 Å². The Bertz CT molecular complexity index is 505. The maximum atomic E-state index is 3.36. The van der Waals surface area contributed by atoms with Crippen LogP contribution in [0.2, 0.25) is 0 Å². The fraction of sp³-hybridized carbons (Fsp3) is 0.375. The number of fused-ring (bicyclic) bond motifs is 1.